The fraction of sp³-hybridized carbons (Fsp3) is 0.462. The van der Waals surface area contributed by atoms with Gasteiger partial charge in [0.1, 0.15) is 17.6 Å². The summed E-state index contributed by atoms with van der Waals surface area (Å²) in [6, 6.07) is 5.11. The number of carbonyl (C=O) groups is 1. The van der Waals surface area contributed by atoms with E-state index in [-0.39, 0.29) is 17.6 Å². The lowest BCUT2D eigenvalue weighted by molar-refractivity contribution is -0.144. The van der Waals surface area contributed by atoms with E-state index in [2.05, 4.69) is 0 Å². The highest BCUT2D eigenvalue weighted by Gasteiger charge is 2.31. The van der Waals surface area contributed by atoms with Crippen molar-refractivity contribution in [1.82, 2.24) is 0 Å². The summed E-state index contributed by atoms with van der Waals surface area (Å²) in [4.78, 5) is 10.9. The molecule has 0 bridgehead atoms. The highest BCUT2D eigenvalue weighted by Crippen LogP contribution is 2.33. The van der Waals surface area contributed by atoms with Gasteiger partial charge in [0, 0.05) is 12.5 Å². The van der Waals surface area contributed by atoms with Crippen molar-refractivity contribution < 1.29 is 27.8 Å². The molecule has 0 radical (unpaired) electrons. The van der Waals surface area contributed by atoms with Gasteiger partial charge in [-0.25, -0.2) is 13.2 Å². The van der Waals surface area contributed by atoms with Gasteiger partial charge in [0.05, 0.1) is 11.5 Å². The molecule has 1 N–H and O–H groups in total. The minimum Gasteiger partial charge on any atom is -0.489 e. The number of hydrogen-bond donors (Lipinski definition) is 1. The standard InChI is InChI=1S/C13H14O6S/c14-13(15)12-5-8-1-2-9(6-11(8)19-12)18-10-3-4-20(16,17)7-10/h1-2,6,10,12H,3-5,7H2,(H,14,15). The zero-order chi connectivity index (χ0) is 14.3. The Balaban J connectivity index is 1.72. The van der Waals surface area contributed by atoms with Crippen LogP contribution in [0.15, 0.2) is 18.2 Å². The van der Waals surface area contributed by atoms with E-state index in [1.807, 2.05) is 0 Å². The summed E-state index contributed by atoms with van der Waals surface area (Å²) >= 11 is 0. The van der Waals surface area contributed by atoms with Crippen molar-refractivity contribution in [2.45, 2.75) is 25.0 Å². The molecule has 2 aliphatic heterocycles. The van der Waals surface area contributed by atoms with Crippen molar-refractivity contribution in [1.29, 1.82) is 0 Å². The van der Waals surface area contributed by atoms with E-state index in [9.17, 15) is 13.2 Å². The molecule has 0 spiro atoms. The van der Waals surface area contributed by atoms with Crippen LogP contribution in [0.3, 0.4) is 0 Å². The van der Waals surface area contributed by atoms with Crippen LogP contribution in [-0.2, 0) is 21.1 Å². The van der Waals surface area contributed by atoms with Gasteiger partial charge in [-0.2, -0.15) is 0 Å². The Bertz CT molecular complexity index is 651. The largest absolute Gasteiger partial charge is 0.489 e. The summed E-state index contributed by atoms with van der Waals surface area (Å²) in [5.74, 6) is 0.196. The molecular formula is C13H14O6S. The molecule has 0 amide bonds. The van der Waals surface area contributed by atoms with Crippen LogP contribution in [-0.4, -0.2) is 43.2 Å². The molecule has 2 unspecified atom stereocenters. The third-order valence-electron chi connectivity index (χ3n) is 3.48. The SMILES string of the molecule is O=C(O)C1Cc2ccc(OC3CCS(=O)(=O)C3)cc2O1. The number of aliphatic carboxylic acids is 1. The van der Waals surface area contributed by atoms with Crippen molar-refractivity contribution in [3.8, 4) is 11.5 Å². The summed E-state index contributed by atoms with van der Waals surface area (Å²) < 4.78 is 33.7. The molecule has 1 fully saturated rings. The fourth-order valence-electron chi connectivity index (χ4n) is 2.47. The highest BCUT2D eigenvalue weighted by atomic mass is 32.2. The van der Waals surface area contributed by atoms with Crippen LogP contribution in [0.25, 0.3) is 0 Å². The highest BCUT2D eigenvalue weighted by molar-refractivity contribution is 7.91. The number of carboxylic acid groups (broad SMARTS) is 1. The van der Waals surface area contributed by atoms with Crippen LogP contribution in [0.2, 0.25) is 0 Å². The number of fused-ring (bicyclic) bond motifs is 1. The normalized spacial score (nSPS) is 26.8. The second kappa shape index (κ2) is 4.66. The molecule has 108 valence electrons. The predicted molar refractivity (Wildman–Crippen MR) is 69.9 cm³/mol. The number of hydrogen-bond acceptors (Lipinski definition) is 5. The molecule has 1 aromatic rings. The molecule has 7 heteroatoms. The lowest BCUT2D eigenvalue weighted by atomic mass is 10.1. The van der Waals surface area contributed by atoms with Gasteiger partial charge in [0.15, 0.2) is 15.9 Å². The second-order valence-corrected chi connectivity index (χ2v) is 7.29. The van der Waals surface area contributed by atoms with Crippen molar-refractivity contribution in [3.05, 3.63) is 23.8 Å². The maximum absolute atomic E-state index is 11.4. The first-order chi connectivity index (χ1) is 9.43. The molecule has 2 atom stereocenters. The van der Waals surface area contributed by atoms with Crippen LogP contribution in [0.4, 0.5) is 0 Å². The summed E-state index contributed by atoms with van der Waals surface area (Å²) in [6.45, 7) is 0. The number of carboxylic acids is 1. The zero-order valence-electron chi connectivity index (χ0n) is 10.6. The first-order valence-corrected chi connectivity index (χ1v) is 8.14. The molecule has 0 saturated carbocycles. The van der Waals surface area contributed by atoms with E-state index in [0.717, 1.165) is 5.56 Å². The monoisotopic (exact) mass is 298 g/mol. The van der Waals surface area contributed by atoms with E-state index in [0.29, 0.717) is 24.3 Å². The molecule has 2 aliphatic rings. The molecule has 0 aliphatic carbocycles. The van der Waals surface area contributed by atoms with E-state index in [1.165, 1.54) is 0 Å². The van der Waals surface area contributed by atoms with E-state index < -0.39 is 21.9 Å². The lowest BCUT2D eigenvalue weighted by Crippen LogP contribution is -2.24. The van der Waals surface area contributed by atoms with Crippen LogP contribution in [0, 0.1) is 0 Å². The Morgan fingerprint density at radius 3 is 2.85 bits per heavy atom. The molecule has 1 saturated heterocycles. The van der Waals surface area contributed by atoms with E-state index in [1.54, 1.807) is 18.2 Å². The van der Waals surface area contributed by atoms with Gasteiger partial charge < -0.3 is 14.6 Å². The third kappa shape index (κ3) is 2.58. The Hall–Kier alpha value is -1.76. The number of ether oxygens (including phenoxy) is 2. The smallest absolute Gasteiger partial charge is 0.345 e. The van der Waals surface area contributed by atoms with Crippen molar-refractivity contribution in [3.63, 3.8) is 0 Å². The summed E-state index contributed by atoms with van der Waals surface area (Å²) in [5, 5.41) is 8.92. The summed E-state index contributed by atoms with van der Waals surface area (Å²) in [5.41, 5.74) is 0.823. The van der Waals surface area contributed by atoms with Gasteiger partial charge in [-0.05, 0) is 18.1 Å². The molecule has 1 aromatic carbocycles. The first-order valence-electron chi connectivity index (χ1n) is 6.32. The van der Waals surface area contributed by atoms with Gasteiger partial charge in [0.2, 0.25) is 0 Å². The van der Waals surface area contributed by atoms with Gasteiger partial charge in [-0.1, -0.05) is 6.07 Å². The Morgan fingerprint density at radius 2 is 2.20 bits per heavy atom. The maximum Gasteiger partial charge on any atom is 0.345 e. The zero-order valence-corrected chi connectivity index (χ0v) is 11.4. The molecule has 2 heterocycles. The maximum atomic E-state index is 11.4. The Kier molecular flexibility index (Phi) is 3.08. The molecule has 3 rings (SSSR count). The van der Waals surface area contributed by atoms with Crippen molar-refractivity contribution in [2.75, 3.05) is 11.5 Å². The lowest BCUT2D eigenvalue weighted by Gasteiger charge is -2.12. The van der Waals surface area contributed by atoms with Gasteiger partial charge in [-0.15, -0.1) is 0 Å². The van der Waals surface area contributed by atoms with Crippen molar-refractivity contribution in [2.24, 2.45) is 0 Å². The van der Waals surface area contributed by atoms with Crippen LogP contribution < -0.4 is 9.47 Å². The predicted octanol–water partition coefficient (Wildman–Crippen LogP) is 0.641. The number of rotatable bonds is 3. The first kappa shape index (κ1) is 13.2. The average molecular weight is 298 g/mol. The van der Waals surface area contributed by atoms with Crippen molar-refractivity contribution >= 4 is 15.8 Å². The Morgan fingerprint density at radius 1 is 1.40 bits per heavy atom. The van der Waals surface area contributed by atoms with Gasteiger partial charge in [0.25, 0.3) is 0 Å². The molecule has 20 heavy (non-hydrogen) atoms. The van der Waals surface area contributed by atoms with E-state index >= 15 is 0 Å². The Labute approximate surface area is 116 Å². The van der Waals surface area contributed by atoms with E-state index in [4.69, 9.17) is 14.6 Å². The molecule has 0 aromatic heterocycles. The quantitative estimate of drug-likeness (QED) is 0.881. The van der Waals surface area contributed by atoms with Crippen LogP contribution >= 0.6 is 0 Å². The minimum atomic E-state index is -2.98. The topological polar surface area (TPSA) is 89.9 Å². The minimum absolute atomic E-state index is 0.0304. The third-order valence-corrected chi connectivity index (χ3v) is 5.22. The van der Waals surface area contributed by atoms with Gasteiger partial charge >= 0.3 is 5.97 Å². The molecule has 6 nitrogen and oxygen atoms in total. The number of sulfone groups is 1. The summed E-state index contributed by atoms with van der Waals surface area (Å²) in [7, 11) is -2.98. The summed E-state index contributed by atoms with van der Waals surface area (Å²) in [6.07, 6.45) is -0.373. The average Bonchev–Trinajstić information content (AvgIpc) is 2.92. The molecular weight excluding hydrogens is 284 g/mol. The second-order valence-electron chi connectivity index (χ2n) is 5.06. The van der Waals surface area contributed by atoms with Crippen LogP contribution in [0.5, 0.6) is 11.5 Å². The fourth-order valence-corrected chi connectivity index (χ4v) is 4.06. The number of benzene rings is 1. The van der Waals surface area contributed by atoms with Crippen LogP contribution in [0.1, 0.15) is 12.0 Å². The van der Waals surface area contributed by atoms with Gasteiger partial charge in [-0.3, -0.25) is 0 Å².